The number of anilines is 2. The van der Waals surface area contributed by atoms with E-state index in [0.29, 0.717) is 35.6 Å². The van der Waals surface area contributed by atoms with Gasteiger partial charge in [-0.1, -0.05) is 35.9 Å². The largest absolute Gasteiger partial charge is 0.481 e. The quantitative estimate of drug-likeness (QED) is 0.0901. The van der Waals surface area contributed by atoms with Gasteiger partial charge in [-0.15, -0.1) is 0 Å². The summed E-state index contributed by atoms with van der Waals surface area (Å²) in [5.41, 5.74) is 5.08. The molecule has 4 heterocycles. The van der Waals surface area contributed by atoms with Gasteiger partial charge in [0.2, 0.25) is 0 Å². The highest BCUT2D eigenvalue weighted by Crippen LogP contribution is 2.64. The first kappa shape index (κ1) is 43.8. The number of imidazole rings is 2. The lowest BCUT2D eigenvalue weighted by atomic mass is 9.80. The number of fused-ring (bicyclic) bond motifs is 6. The van der Waals surface area contributed by atoms with E-state index in [1.807, 2.05) is 23.2 Å². The van der Waals surface area contributed by atoms with Gasteiger partial charge in [0, 0.05) is 81.0 Å². The van der Waals surface area contributed by atoms with E-state index >= 15 is 0 Å². The summed E-state index contributed by atoms with van der Waals surface area (Å²) >= 11 is 7.03. The normalized spacial score (nSPS) is 26.9. The summed E-state index contributed by atoms with van der Waals surface area (Å²) in [6.45, 7) is 4.71. The van der Waals surface area contributed by atoms with E-state index in [-0.39, 0.29) is 38.5 Å². The number of aliphatic carboxylic acids is 1. The maximum atomic E-state index is 13.9. The lowest BCUT2D eigenvalue weighted by molar-refractivity contribution is -0.148. The SMILES string of the molecule is Cn1c(C(=O)Nc2cccc(-c3cccc(NC(=O)c4nc5c(n4C)CCN(CCC46CCC(C(O)O)(CC4)C6)C5)c3C#N)c2Cl)nc2c1CCN(CCC13CCC(C(=O)O)(CC1)C3)C2. The molecular formula is C49H58ClN9O6. The molecule has 15 nitrogen and oxygen atoms in total. The summed E-state index contributed by atoms with van der Waals surface area (Å²) < 4.78 is 3.70. The Morgan fingerprint density at radius 1 is 0.754 bits per heavy atom. The van der Waals surface area contributed by atoms with E-state index in [1.54, 1.807) is 36.4 Å². The van der Waals surface area contributed by atoms with Crippen LogP contribution >= 0.6 is 11.6 Å². The molecule has 10 rings (SSSR count). The van der Waals surface area contributed by atoms with Crippen molar-refractivity contribution in [3.8, 4) is 17.2 Å². The van der Waals surface area contributed by atoms with Crippen LogP contribution in [0.1, 0.15) is 127 Å². The van der Waals surface area contributed by atoms with E-state index in [1.165, 1.54) is 0 Å². The molecule has 2 aromatic carbocycles. The molecule has 65 heavy (non-hydrogen) atoms. The predicted octanol–water partition coefficient (Wildman–Crippen LogP) is 6.64. The Bertz CT molecular complexity index is 2630. The van der Waals surface area contributed by atoms with Crippen LogP contribution in [-0.4, -0.2) is 94.5 Å². The number of nitrogens with one attached hydrogen (secondary N) is 2. The molecule has 4 fully saturated rings. The fourth-order valence-electron chi connectivity index (χ4n) is 13.0. The van der Waals surface area contributed by atoms with Gasteiger partial charge in [-0.2, -0.15) is 5.26 Å². The zero-order valence-electron chi connectivity index (χ0n) is 37.3. The Morgan fingerprint density at radius 2 is 1.26 bits per heavy atom. The molecule has 0 spiro atoms. The third-order valence-electron chi connectivity index (χ3n) is 17.0. The molecule has 16 heteroatoms. The summed E-state index contributed by atoms with van der Waals surface area (Å²) in [7, 11) is 3.70. The van der Waals surface area contributed by atoms with Crippen LogP contribution in [0.25, 0.3) is 11.1 Å². The fourth-order valence-corrected chi connectivity index (χ4v) is 13.2. The molecule has 0 unspecified atom stereocenters. The van der Waals surface area contributed by atoms with Gasteiger partial charge >= 0.3 is 5.97 Å². The van der Waals surface area contributed by atoms with Crippen LogP contribution in [0.5, 0.6) is 0 Å². The van der Waals surface area contributed by atoms with Gasteiger partial charge < -0.3 is 35.1 Å². The third kappa shape index (κ3) is 7.55. The van der Waals surface area contributed by atoms with Gasteiger partial charge in [0.05, 0.1) is 38.8 Å². The van der Waals surface area contributed by atoms with Crippen LogP contribution in [0, 0.1) is 33.0 Å². The molecule has 2 amide bonds. The number of hydrogen-bond acceptors (Lipinski definition) is 10. The average Bonchev–Trinajstić information content (AvgIpc) is 4.16. The molecule has 2 aliphatic heterocycles. The first-order valence-corrected chi connectivity index (χ1v) is 23.6. The number of nitriles is 1. The fraction of sp³-hybridized carbons (Fsp3) is 0.551. The molecule has 4 saturated carbocycles. The van der Waals surface area contributed by atoms with E-state index in [4.69, 9.17) is 21.6 Å². The Kier molecular flexibility index (Phi) is 11.0. The van der Waals surface area contributed by atoms with E-state index in [2.05, 4.69) is 26.5 Å². The van der Waals surface area contributed by atoms with Crippen molar-refractivity contribution in [3.05, 3.63) is 81.4 Å². The van der Waals surface area contributed by atoms with Crippen LogP contribution in [0.3, 0.4) is 0 Å². The number of amides is 2. The van der Waals surface area contributed by atoms with Crippen molar-refractivity contribution in [2.24, 2.45) is 35.8 Å². The molecule has 342 valence electrons. The van der Waals surface area contributed by atoms with Gasteiger partial charge in [0.15, 0.2) is 17.9 Å². The van der Waals surface area contributed by atoms with Crippen LogP contribution in [0.4, 0.5) is 11.4 Å². The minimum absolute atomic E-state index is 0.115. The number of carbonyl (C=O) groups excluding carboxylic acids is 2. The number of carbonyl (C=O) groups is 3. The van der Waals surface area contributed by atoms with Crippen LogP contribution in [-0.2, 0) is 44.8 Å². The summed E-state index contributed by atoms with van der Waals surface area (Å²) in [6.07, 6.45) is 11.2. The molecular weight excluding hydrogens is 846 g/mol. The van der Waals surface area contributed by atoms with Crippen LogP contribution in [0.15, 0.2) is 36.4 Å². The lowest BCUT2D eigenvalue weighted by Crippen LogP contribution is -2.34. The molecule has 6 aliphatic rings. The summed E-state index contributed by atoms with van der Waals surface area (Å²) in [5.74, 6) is -0.946. The van der Waals surface area contributed by atoms with Crippen molar-refractivity contribution >= 4 is 40.8 Å². The number of carboxylic acid groups (broad SMARTS) is 1. The number of nitrogens with zero attached hydrogens (tertiary/aromatic N) is 7. The summed E-state index contributed by atoms with van der Waals surface area (Å²) in [5, 5.41) is 46.6. The zero-order chi connectivity index (χ0) is 45.5. The molecule has 5 N–H and O–H groups in total. The van der Waals surface area contributed by atoms with Gasteiger partial charge in [-0.05, 0) is 113 Å². The lowest BCUT2D eigenvalue weighted by Gasteiger charge is -2.32. The van der Waals surface area contributed by atoms with Crippen molar-refractivity contribution in [2.45, 2.75) is 109 Å². The number of aromatic nitrogens is 4. The minimum Gasteiger partial charge on any atom is -0.481 e. The predicted molar refractivity (Wildman–Crippen MR) is 243 cm³/mol. The number of benzene rings is 2. The maximum Gasteiger partial charge on any atom is 0.309 e. The molecule has 2 aromatic heterocycles. The summed E-state index contributed by atoms with van der Waals surface area (Å²) in [6, 6.07) is 12.7. The second-order valence-corrected chi connectivity index (χ2v) is 20.8. The maximum absolute atomic E-state index is 13.9. The average molecular weight is 905 g/mol. The first-order chi connectivity index (χ1) is 31.2. The second-order valence-electron chi connectivity index (χ2n) is 20.4. The molecule has 4 bridgehead atoms. The van der Waals surface area contributed by atoms with E-state index < -0.39 is 29.5 Å². The highest BCUT2D eigenvalue weighted by Gasteiger charge is 2.58. The van der Waals surface area contributed by atoms with Gasteiger partial charge in [0.25, 0.3) is 11.8 Å². The monoisotopic (exact) mass is 903 g/mol. The van der Waals surface area contributed by atoms with Gasteiger partial charge in [-0.25, -0.2) is 9.97 Å². The third-order valence-corrected chi connectivity index (χ3v) is 17.4. The first-order valence-electron chi connectivity index (χ1n) is 23.2. The van der Waals surface area contributed by atoms with E-state index in [0.717, 1.165) is 139 Å². The smallest absolute Gasteiger partial charge is 0.309 e. The Balaban J connectivity index is 0.791. The molecule has 4 aromatic rings. The van der Waals surface area contributed by atoms with Crippen LogP contribution in [0.2, 0.25) is 5.02 Å². The molecule has 0 radical (unpaired) electrons. The second kappa shape index (κ2) is 16.3. The minimum atomic E-state index is -1.25. The number of halogens is 1. The van der Waals surface area contributed by atoms with Crippen molar-refractivity contribution in [1.29, 1.82) is 5.26 Å². The van der Waals surface area contributed by atoms with Gasteiger partial charge in [-0.3, -0.25) is 24.2 Å². The van der Waals surface area contributed by atoms with Crippen molar-refractivity contribution in [1.82, 2.24) is 28.9 Å². The number of hydrogen-bond donors (Lipinski definition) is 5. The number of carboxylic acids is 1. The topological polar surface area (TPSA) is 202 Å². The standard InChI is InChI=1S/C49H58ClN9O6/c1-56-37-9-21-58(23-19-46-11-15-48(28-46,16-12-46)44(62)63)26-35(37)52-40(56)42(60)54-33-7-3-5-30(32(33)25-51)31-6-4-8-34(39(31)50)55-43(61)41-53-36-27-59(22-10-38(36)57(41)2)24-20-47-13-17-49(29-47,18-14-47)45(64)65/h3-8,44,62-63H,9-24,26-29H2,1-2H3,(H,54,60)(H,55,61)(H,64,65). The van der Waals surface area contributed by atoms with Crippen molar-refractivity contribution < 1.29 is 29.7 Å². The van der Waals surface area contributed by atoms with Crippen LogP contribution < -0.4 is 10.6 Å². The van der Waals surface area contributed by atoms with Crippen molar-refractivity contribution in [3.63, 3.8) is 0 Å². The van der Waals surface area contributed by atoms with Crippen molar-refractivity contribution in [2.75, 3.05) is 36.8 Å². The molecule has 0 saturated heterocycles. The Morgan fingerprint density at radius 3 is 1.77 bits per heavy atom. The Labute approximate surface area is 383 Å². The Hall–Kier alpha value is -5.11. The molecule has 4 aliphatic carbocycles. The number of aliphatic hydroxyl groups excluding tert-OH is 1. The number of rotatable bonds is 13. The highest BCUT2D eigenvalue weighted by molar-refractivity contribution is 6.36. The molecule has 0 atom stereocenters. The van der Waals surface area contributed by atoms with E-state index in [9.17, 15) is 35.0 Å². The van der Waals surface area contributed by atoms with Gasteiger partial charge in [0.1, 0.15) is 6.07 Å². The zero-order valence-corrected chi connectivity index (χ0v) is 38.0. The highest BCUT2D eigenvalue weighted by atomic mass is 35.5. The summed E-state index contributed by atoms with van der Waals surface area (Å²) in [4.78, 5) is 54.1. The number of aliphatic hydroxyl groups is 2.